The highest BCUT2D eigenvalue weighted by Gasteiger charge is 2.02. The summed E-state index contributed by atoms with van der Waals surface area (Å²) in [6.07, 6.45) is 0. The Morgan fingerprint density at radius 3 is 2.65 bits per heavy atom. The fourth-order valence-electron chi connectivity index (χ4n) is 1.27. The molecule has 2 N–H and O–H groups in total. The summed E-state index contributed by atoms with van der Waals surface area (Å²) in [7, 11) is 3.92. The van der Waals surface area contributed by atoms with Gasteiger partial charge in [0.2, 0.25) is 0 Å². The summed E-state index contributed by atoms with van der Waals surface area (Å²) in [6, 6.07) is 7.28. The van der Waals surface area contributed by atoms with Gasteiger partial charge in [0.15, 0.2) is 0 Å². The molecule has 94 valence electrons. The number of likely N-dealkylation sites (N-methyl/N-ethyl adjacent to an activating group) is 1. The molecule has 0 atom stereocenters. The van der Waals surface area contributed by atoms with E-state index in [1.807, 2.05) is 43.3 Å². The first-order valence-electron chi connectivity index (χ1n) is 5.49. The van der Waals surface area contributed by atoms with Crippen LogP contribution < -0.4 is 10.6 Å². The Kier molecular flexibility index (Phi) is 5.80. The second kappa shape index (κ2) is 7.14. The molecule has 0 saturated heterocycles. The molecule has 1 aromatic carbocycles. The van der Waals surface area contributed by atoms with Crippen LogP contribution >= 0.6 is 11.6 Å². The molecule has 1 rings (SSSR count). The maximum atomic E-state index is 11.4. The summed E-state index contributed by atoms with van der Waals surface area (Å²) in [5, 5.41) is 6.20. The summed E-state index contributed by atoms with van der Waals surface area (Å²) < 4.78 is 0. The summed E-state index contributed by atoms with van der Waals surface area (Å²) in [4.78, 5) is 13.4. The molecule has 0 spiro atoms. The van der Waals surface area contributed by atoms with Gasteiger partial charge in [-0.3, -0.25) is 0 Å². The van der Waals surface area contributed by atoms with Gasteiger partial charge in [0, 0.05) is 24.7 Å². The van der Waals surface area contributed by atoms with Crippen LogP contribution in [-0.2, 0) is 6.54 Å². The van der Waals surface area contributed by atoms with E-state index in [1.54, 1.807) is 0 Å². The maximum Gasteiger partial charge on any atom is 0.315 e. The third-order valence-electron chi connectivity index (χ3n) is 2.24. The van der Waals surface area contributed by atoms with Crippen LogP contribution in [0.15, 0.2) is 24.3 Å². The van der Waals surface area contributed by atoms with Gasteiger partial charge in [-0.2, -0.15) is 0 Å². The molecule has 0 aliphatic rings. The Labute approximate surface area is 107 Å². The van der Waals surface area contributed by atoms with Crippen molar-refractivity contribution in [2.75, 3.05) is 27.2 Å². The minimum absolute atomic E-state index is 0.174. The Hall–Kier alpha value is -1.26. The molecule has 17 heavy (non-hydrogen) atoms. The SMILES string of the molecule is CN(C)CCNC(=O)NCc1ccccc1Cl. The lowest BCUT2D eigenvalue weighted by molar-refractivity contribution is 0.239. The highest BCUT2D eigenvalue weighted by molar-refractivity contribution is 6.31. The maximum absolute atomic E-state index is 11.4. The lowest BCUT2D eigenvalue weighted by Crippen LogP contribution is -2.38. The normalized spacial score (nSPS) is 10.4. The second-order valence-electron chi connectivity index (χ2n) is 4.00. The minimum Gasteiger partial charge on any atom is -0.337 e. The van der Waals surface area contributed by atoms with Crippen molar-refractivity contribution in [1.29, 1.82) is 0 Å². The number of amides is 2. The quantitative estimate of drug-likeness (QED) is 0.841. The van der Waals surface area contributed by atoms with Gasteiger partial charge in [-0.05, 0) is 25.7 Å². The van der Waals surface area contributed by atoms with Crippen LogP contribution in [-0.4, -0.2) is 38.1 Å². The van der Waals surface area contributed by atoms with Crippen molar-refractivity contribution in [3.05, 3.63) is 34.9 Å². The van der Waals surface area contributed by atoms with E-state index in [2.05, 4.69) is 10.6 Å². The van der Waals surface area contributed by atoms with E-state index in [9.17, 15) is 4.79 Å². The van der Waals surface area contributed by atoms with Crippen molar-refractivity contribution < 1.29 is 4.79 Å². The molecule has 4 nitrogen and oxygen atoms in total. The van der Waals surface area contributed by atoms with Crippen molar-refractivity contribution in [2.45, 2.75) is 6.54 Å². The van der Waals surface area contributed by atoms with Crippen molar-refractivity contribution in [1.82, 2.24) is 15.5 Å². The minimum atomic E-state index is -0.174. The van der Waals surface area contributed by atoms with Crippen LogP contribution in [0.2, 0.25) is 5.02 Å². The van der Waals surface area contributed by atoms with Crippen LogP contribution in [0.3, 0.4) is 0 Å². The summed E-state index contributed by atoms with van der Waals surface area (Å²) in [5.41, 5.74) is 0.914. The number of halogens is 1. The van der Waals surface area contributed by atoms with E-state index in [0.29, 0.717) is 18.1 Å². The average molecular weight is 256 g/mol. The zero-order chi connectivity index (χ0) is 12.7. The molecule has 0 aliphatic carbocycles. The molecular formula is C12H18ClN3O. The first kappa shape index (κ1) is 13.8. The number of rotatable bonds is 5. The van der Waals surface area contributed by atoms with E-state index >= 15 is 0 Å². The van der Waals surface area contributed by atoms with Crippen molar-refractivity contribution in [3.8, 4) is 0 Å². The van der Waals surface area contributed by atoms with Gasteiger partial charge in [-0.1, -0.05) is 29.8 Å². The van der Waals surface area contributed by atoms with E-state index in [4.69, 9.17) is 11.6 Å². The lowest BCUT2D eigenvalue weighted by atomic mass is 10.2. The molecule has 0 fully saturated rings. The third-order valence-corrected chi connectivity index (χ3v) is 2.61. The van der Waals surface area contributed by atoms with Crippen molar-refractivity contribution >= 4 is 17.6 Å². The van der Waals surface area contributed by atoms with E-state index in [-0.39, 0.29) is 6.03 Å². The highest BCUT2D eigenvalue weighted by Crippen LogP contribution is 2.13. The predicted octanol–water partition coefficient (Wildman–Crippen LogP) is 1.70. The molecule has 0 radical (unpaired) electrons. The number of carbonyl (C=O) groups is 1. The van der Waals surface area contributed by atoms with Crippen LogP contribution in [0.5, 0.6) is 0 Å². The number of benzene rings is 1. The Morgan fingerprint density at radius 1 is 1.29 bits per heavy atom. The molecule has 0 aromatic heterocycles. The first-order chi connectivity index (χ1) is 8.09. The summed E-state index contributed by atoms with van der Waals surface area (Å²) in [5.74, 6) is 0. The van der Waals surface area contributed by atoms with Crippen molar-refractivity contribution in [3.63, 3.8) is 0 Å². The molecular weight excluding hydrogens is 238 g/mol. The number of hydrogen-bond donors (Lipinski definition) is 2. The number of nitrogens with zero attached hydrogens (tertiary/aromatic N) is 1. The second-order valence-corrected chi connectivity index (χ2v) is 4.41. The molecule has 0 heterocycles. The van der Waals surface area contributed by atoms with Crippen LogP contribution in [0.4, 0.5) is 4.79 Å². The predicted molar refractivity (Wildman–Crippen MR) is 70.2 cm³/mol. The average Bonchev–Trinajstić information content (AvgIpc) is 2.27. The third kappa shape index (κ3) is 5.56. The first-order valence-corrected chi connectivity index (χ1v) is 5.87. The van der Waals surface area contributed by atoms with Gasteiger partial charge in [-0.15, -0.1) is 0 Å². The monoisotopic (exact) mass is 255 g/mol. The largest absolute Gasteiger partial charge is 0.337 e. The Balaban J connectivity index is 2.26. The number of nitrogens with one attached hydrogen (secondary N) is 2. The fraction of sp³-hybridized carbons (Fsp3) is 0.417. The van der Waals surface area contributed by atoms with Crippen LogP contribution in [0.1, 0.15) is 5.56 Å². The summed E-state index contributed by atoms with van der Waals surface area (Å²) in [6.45, 7) is 1.88. The Morgan fingerprint density at radius 2 is 2.00 bits per heavy atom. The van der Waals surface area contributed by atoms with Gasteiger partial charge < -0.3 is 15.5 Å². The van der Waals surface area contributed by atoms with Crippen LogP contribution in [0, 0.1) is 0 Å². The van der Waals surface area contributed by atoms with E-state index in [1.165, 1.54) is 0 Å². The molecule has 1 aromatic rings. The zero-order valence-electron chi connectivity index (χ0n) is 10.2. The number of urea groups is 1. The lowest BCUT2D eigenvalue weighted by Gasteiger charge is -2.11. The standard InChI is InChI=1S/C12H18ClN3O/c1-16(2)8-7-14-12(17)15-9-10-5-3-4-6-11(10)13/h3-6H,7-9H2,1-2H3,(H2,14,15,17). The van der Waals surface area contributed by atoms with Gasteiger partial charge in [0.05, 0.1) is 0 Å². The zero-order valence-corrected chi connectivity index (χ0v) is 10.9. The van der Waals surface area contributed by atoms with Gasteiger partial charge in [0.25, 0.3) is 0 Å². The van der Waals surface area contributed by atoms with Gasteiger partial charge in [0.1, 0.15) is 0 Å². The molecule has 0 saturated carbocycles. The fourth-order valence-corrected chi connectivity index (χ4v) is 1.48. The van der Waals surface area contributed by atoms with E-state index in [0.717, 1.165) is 12.1 Å². The number of carbonyl (C=O) groups excluding carboxylic acids is 1. The Bertz CT molecular complexity index is 369. The van der Waals surface area contributed by atoms with Crippen LogP contribution in [0.25, 0.3) is 0 Å². The van der Waals surface area contributed by atoms with Gasteiger partial charge >= 0.3 is 6.03 Å². The molecule has 0 bridgehead atoms. The number of hydrogen-bond acceptors (Lipinski definition) is 2. The molecule has 2 amide bonds. The van der Waals surface area contributed by atoms with Crippen molar-refractivity contribution in [2.24, 2.45) is 0 Å². The van der Waals surface area contributed by atoms with Gasteiger partial charge in [-0.25, -0.2) is 4.79 Å². The highest BCUT2D eigenvalue weighted by atomic mass is 35.5. The summed E-state index contributed by atoms with van der Waals surface area (Å²) >= 11 is 5.98. The molecule has 0 aliphatic heterocycles. The van der Waals surface area contributed by atoms with E-state index < -0.39 is 0 Å². The molecule has 5 heteroatoms. The smallest absolute Gasteiger partial charge is 0.315 e. The topological polar surface area (TPSA) is 44.4 Å². The molecule has 0 unspecified atom stereocenters.